The van der Waals surface area contributed by atoms with Crippen LogP contribution in [0.5, 0.6) is 0 Å². The van der Waals surface area contributed by atoms with Crippen molar-refractivity contribution in [1.29, 1.82) is 0 Å². The summed E-state index contributed by atoms with van der Waals surface area (Å²) in [7, 11) is 3.85. The van der Waals surface area contributed by atoms with Gasteiger partial charge in [0.25, 0.3) is 5.91 Å². The van der Waals surface area contributed by atoms with Gasteiger partial charge in [0, 0.05) is 77.0 Å². The summed E-state index contributed by atoms with van der Waals surface area (Å²) >= 11 is 0. The van der Waals surface area contributed by atoms with Crippen molar-refractivity contribution in [3.05, 3.63) is 41.0 Å². The Morgan fingerprint density at radius 2 is 1.86 bits per heavy atom. The molecule has 2 aliphatic rings. The number of aromatic nitrogens is 3. The molecule has 2 aliphatic heterocycles. The Balaban J connectivity index is 1.46. The van der Waals surface area contributed by atoms with Gasteiger partial charge in [-0.3, -0.25) is 14.3 Å². The molecule has 4 rings (SSSR count). The Morgan fingerprint density at radius 3 is 2.57 bits per heavy atom. The van der Waals surface area contributed by atoms with Crippen molar-refractivity contribution in [1.82, 2.24) is 24.1 Å². The Hall–Kier alpha value is -2.57. The molecular weight excluding hydrogens is 354 g/mol. The Morgan fingerprint density at radius 1 is 1.07 bits per heavy atom. The van der Waals surface area contributed by atoms with E-state index in [-0.39, 0.29) is 11.8 Å². The Kier molecular flexibility index (Phi) is 5.24. The van der Waals surface area contributed by atoms with Crippen LogP contribution < -0.4 is 0 Å². The Labute approximate surface area is 165 Å². The van der Waals surface area contributed by atoms with Crippen LogP contribution in [0, 0.1) is 0 Å². The molecule has 0 bridgehead atoms. The molecule has 0 spiro atoms. The van der Waals surface area contributed by atoms with Crippen LogP contribution in [0.4, 0.5) is 0 Å². The molecule has 0 saturated carbocycles. The zero-order chi connectivity index (χ0) is 19.7. The van der Waals surface area contributed by atoms with Crippen molar-refractivity contribution < 1.29 is 9.59 Å². The Bertz CT molecular complexity index is 875. The molecule has 2 aromatic rings. The van der Waals surface area contributed by atoms with Gasteiger partial charge in [-0.1, -0.05) is 0 Å². The number of carbonyl (C=O) groups excluding carboxylic acids is 2. The van der Waals surface area contributed by atoms with Crippen LogP contribution in [0.15, 0.2) is 18.3 Å². The van der Waals surface area contributed by atoms with Gasteiger partial charge in [-0.25, -0.2) is 0 Å². The van der Waals surface area contributed by atoms with Crippen molar-refractivity contribution in [2.75, 3.05) is 19.6 Å². The molecule has 0 unspecified atom stereocenters. The third kappa shape index (κ3) is 3.57. The first-order valence-corrected chi connectivity index (χ1v) is 10.3. The molecule has 0 atom stereocenters. The third-order valence-electron chi connectivity index (χ3n) is 6.06. The van der Waals surface area contributed by atoms with E-state index in [4.69, 9.17) is 0 Å². The molecule has 7 heteroatoms. The minimum absolute atomic E-state index is 0.0531. The number of hydrogen-bond acceptors (Lipinski definition) is 3. The van der Waals surface area contributed by atoms with Crippen molar-refractivity contribution >= 4 is 11.8 Å². The molecule has 2 aromatic heterocycles. The fourth-order valence-electron chi connectivity index (χ4n) is 4.42. The zero-order valence-electron chi connectivity index (χ0n) is 16.9. The minimum atomic E-state index is 0.0531. The van der Waals surface area contributed by atoms with Crippen LogP contribution in [0.3, 0.4) is 0 Å². The molecule has 1 saturated heterocycles. The number of amides is 2. The van der Waals surface area contributed by atoms with Gasteiger partial charge < -0.3 is 14.4 Å². The van der Waals surface area contributed by atoms with E-state index in [0.717, 1.165) is 43.6 Å². The first-order chi connectivity index (χ1) is 13.5. The molecule has 0 N–H and O–H groups in total. The van der Waals surface area contributed by atoms with Gasteiger partial charge in [0.15, 0.2) is 0 Å². The maximum absolute atomic E-state index is 12.9. The summed E-state index contributed by atoms with van der Waals surface area (Å²) in [4.78, 5) is 29.3. The van der Waals surface area contributed by atoms with Crippen molar-refractivity contribution in [3.63, 3.8) is 0 Å². The number of likely N-dealkylation sites (tertiary alicyclic amines) is 1. The van der Waals surface area contributed by atoms with E-state index >= 15 is 0 Å². The van der Waals surface area contributed by atoms with Gasteiger partial charge in [0.1, 0.15) is 5.69 Å². The number of rotatable bonds is 4. The van der Waals surface area contributed by atoms with E-state index < -0.39 is 0 Å². The summed E-state index contributed by atoms with van der Waals surface area (Å²) < 4.78 is 3.79. The number of hydrogen-bond donors (Lipinski definition) is 0. The lowest BCUT2D eigenvalue weighted by molar-refractivity contribution is -0.132. The van der Waals surface area contributed by atoms with Crippen molar-refractivity contribution in [2.24, 2.45) is 14.1 Å². The molecule has 28 heavy (non-hydrogen) atoms. The van der Waals surface area contributed by atoms with Crippen LogP contribution in [0.2, 0.25) is 0 Å². The lowest BCUT2D eigenvalue weighted by Gasteiger charge is -2.28. The lowest BCUT2D eigenvalue weighted by atomic mass is 10.0. The monoisotopic (exact) mass is 383 g/mol. The first kappa shape index (κ1) is 18.8. The van der Waals surface area contributed by atoms with Gasteiger partial charge >= 0.3 is 0 Å². The molecule has 1 fully saturated rings. The molecule has 2 amide bonds. The van der Waals surface area contributed by atoms with E-state index in [0.29, 0.717) is 31.6 Å². The van der Waals surface area contributed by atoms with Crippen LogP contribution in [0.25, 0.3) is 0 Å². The van der Waals surface area contributed by atoms with Gasteiger partial charge in [-0.05, 0) is 31.4 Å². The van der Waals surface area contributed by atoms with E-state index in [1.165, 1.54) is 12.1 Å². The second-order valence-electron chi connectivity index (χ2n) is 7.92. The average Bonchev–Trinajstić information content (AvgIpc) is 3.29. The molecule has 0 aliphatic carbocycles. The van der Waals surface area contributed by atoms with Gasteiger partial charge in [-0.2, -0.15) is 5.10 Å². The zero-order valence-corrected chi connectivity index (χ0v) is 16.9. The average molecular weight is 383 g/mol. The molecule has 0 aromatic carbocycles. The second-order valence-corrected chi connectivity index (χ2v) is 7.92. The molecular formula is C21H29N5O2. The molecule has 7 nitrogen and oxygen atoms in total. The summed E-state index contributed by atoms with van der Waals surface area (Å²) in [5, 5.41) is 4.69. The quantitative estimate of drug-likeness (QED) is 0.810. The fourth-order valence-corrected chi connectivity index (χ4v) is 4.42. The maximum Gasteiger partial charge on any atom is 0.270 e. The van der Waals surface area contributed by atoms with E-state index in [1.54, 1.807) is 0 Å². The lowest BCUT2D eigenvalue weighted by Crippen LogP contribution is -2.37. The van der Waals surface area contributed by atoms with Crippen molar-refractivity contribution in [2.45, 2.75) is 45.1 Å². The van der Waals surface area contributed by atoms with Crippen LogP contribution in [0.1, 0.15) is 53.1 Å². The van der Waals surface area contributed by atoms with Crippen LogP contribution in [-0.4, -0.2) is 55.6 Å². The number of nitrogens with zero attached hydrogens (tertiary/aromatic N) is 5. The smallest absolute Gasteiger partial charge is 0.270 e. The summed E-state index contributed by atoms with van der Waals surface area (Å²) in [6.45, 7) is 3.04. The maximum atomic E-state index is 12.9. The van der Waals surface area contributed by atoms with Crippen LogP contribution >= 0.6 is 0 Å². The first-order valence-electron chi connectivity index (χ1n) is 10.3. The highest BCUT2D eigenvalue weighted by atomic mass is 16.2. The van der Waals surface area contributed by atoms with Crippen molar-refractivity contribution in [3.8, 4) is 0 Å². The summed E-state index contributed by atoms with van der Waals surface area (Å²) in [6.07, 6.45) is 7.28. The topological polar surface area (TPSA) is 63.4 Å². The second kappa shape index (κ2) is 7.81. The number of fused-ring (bicyclic) bond motifs is 1. The number of piperidine rings is 1. The van der Waals surface area contributed by atoms with Gasteiger partial charge in [-0.15, -0.1) is 0 Å². The van der Waals surface area contributed by atoms with Gasteiger partial charge in [0.05, 0.1) is 5.69 Å². The standard InChI is InChI=1S/C21H29N5O2/c1-23-11-6-7-19(23)21(28)26-14-10-18-16(15-26)17(22-24(18)2)8-9-20(27)25-12-4-3-5-13-25/h6-7,11H,3-5,8-10,12-15H2,1-2H3. The van der Waals surface area contributed by atoms with Crippen LogP contribution in [-0.2, 0) is 38.3 Å². The summed E-state index contributed by atoms with van der Waals surface area (Å²) in [5.74, 6) is 0.281. The highest BCUT2D eigenvalue weighted by molar-refractivity contribution is 5.92. The molecule has 4 heterocycles. The van der Waals surface area contributed by atoms with Gasteiger partial charge in [0.2, 0.25) is 5.91 Å². The normalized spacial score (nSPS) is 16.9. The SMILES string of the molecule is Cn1cccc1C(=O)N1CCc2c(c(CCC(=O)N3CCCCC3)nn2C)C1. The summed E-state index contributed by atoms with van der Waals surface area (Å²) in [5.41, 5.74) is 3.99. The number of carbonyl (C=O) groups is 2. The summed E-state index contributed by atoms with van der Waals surface area (Å²) in [6, 6.07) is 3.75. The molecule has 0 radical (unpaired) electrons. The minimum Gasteiger partial charge on any atom is -0.347 e. The molecule has 150 valence electrons. The predicted octanol–water partition coefficient (Wildman–Crippen LogP) is 1.90. The highest BCUT2D eigenvalue weighted by Gasteiger charge is 2.28. The largest absolute Gasteiger partial charge is 0.347 e. The highest BCUT2D eigenvalue weighted by Crippen LogP contribution is 2.25. The van der Waals surface area contributed by atoms with E-state index in [1.807, 2.05) is 51.5 Å². The van der Waals surface area contributed by atoms with E-state index in [9.17, 15) is 9.59 Å². The fraction of sp³-hybridized carbons (Fsp3) is 0.571. The van der Waals surface area contributed by atoms with E-state index in [2.05, 4.69) is 5.10 Å². The third-order valence-corrected chi connectivity index (χ3v) is 6.06. The predicted molar refractivity (Wildman–Crippen MR) is 106 cm³/mol. The number of aryl methyl sites for hydroxylation is 3.